The molecule has 2 aromatic heterocycles. The Labute approximate surface area is 218 Å². The van der Waals surface area contributed by atoms with Gasteiger partial charge in [-0.3, -0.25) is 19.6 Å². The fourth-order valence-corrected chi connectivity index (χ4v) is 4.79. The molecule has 0 amide bonds. The molecule has 0 fully saturated rings. The Hall–Kier alpha value is -4.56. The second kappa shape index (κ2) is 9.72. The molecule has 2 heterocycles. The van der Waals surface area contributed by atoms with Crippen LogP contribution in [0.3, 0.4) is 0 Å². The number of benzene rings is 3. The van der Waals surface area contributed by atoms with Crippen molar-refractivity contribution in [1.29, 1.82) is 0 Å². The fourth-order valence-electron chi connectivity index (χ4n) is 3.66. The van der Waals surface area contributed by atoms with Crippen molar-refractivity contribution in [2.24, 2.45) is 0 Å². The van der Waals surface area contributed by atoms with Crippen LogP contribution < -0.4 is 9.44 Å². The quantitative estimate of drug-likeness (QED) is 0.227. The Kier molecular flexibility index (Phi) is 6.42. The van der Waals surface area contributed by atoms with Crippen LogP contribution >= 0.6 is 0 Å². The van der Waals surface area contributed by atoms with E-state index in [4.69, 9.17) is 0 Å². The maximum atomic E-state index is 11.4. The molecule has 0 radical (unpaired) electrons. The van der Waals surface area contributed by atoms with Crippen molar-refractivity contribution in [3.8, 4) is 45.6 Å². The van der Waals surface area contributed by atoms with Crippen molar-refractivity contribution in [3.63, 3.8) is 0 Å². The minimum absolute atomic E-state index is 0.455. The van der Waals surface area contributed by atoms with E-state index in [9.17, 15) is 16.8 Å². The summed E-state index contributed by atoms with van der Waals surface area (Å²) in [5.74, 6) is 2.02. The van der Waals surface area contributed by atoms with Gasteiger partial charge >= 0.3 is 0 Å². The van der Waals surface area contributed by atoms with Crippen LogP contribution in [-0.4, -0.2) is 59.7 Å². The molecule has 0 aliphatic rings. The topological polar surface area (TPSA) is 175 Å². The van der Waals surface area contributed by atoms with Gasteiger partial charge in [-0.15, -0.1) is 0 Å². The van der Waals surface area contributed by atoms with Gasteiger partial charge in [0, 0.05) is 33.6 Å². The molecular weight excluding hydrogens is 528 g/mol. The minimum Gasteiger partial charge on any atom is -0.284 e. The highest BCUT2D eigenvalue weighted by Crippen LogP contribution is 2.26. The molecule has 0 bridgehead atoms. The zero-order valence-electron chi connectivity index (χ0n) is 20.2. The second-order valence-electron chi connectivity index (χ2n) is 8.50. The zero-order valence-corrected chi connectivity index (χ0v) is 21.8. The van der Waals surface area contributed by atoms with Crippen LogP contribution in [0.4, 0.5) is 11.4 Å². The molecule has 0 spiro atoms. The summed E-state index contributed by atoms with van der Waals surface area (Å²) in [6, 6.07) is 21.0. The molecule has 12 nitrogen and oxygen atoms in total. The van der Waals surface area contributed by atoms with Gasteiger partial charge in [-0.05, 0) is 54.6 Å². The molecule has 0 aliphatic heterocycles. The number of hydrogen-bond donors (Lipinski definition) is 4. The number of aromatic nitrogens is 6. The molecule has 0 unspecified atom stereocenters. The molecule has 14 heteroatoms. The predicted octanol–water partition coefficient (Wildman–Crippen LogP) is 3.33. The van der Waals surface area contributed by atoms with E-state index in [1.54, 1.807) is 48.5 Å². The number of nitrogens with zero attached hydrogens (tertiary/aromatic N) is 4. The number of nitrogens with one attached hydrogen (secondary N) is 4. The lowest BCUT2D eigenvalue weighted by Crippen LogP contribution is -2.09. The first kappa shape index (κ1) is 25.1. The van der Waals surface area contributed by atoms with Gasteiger partial charge in [0.1, 0.15) is 0 Å². The zero-order chi connectivity index (χ0) is 26.9. The highest BCUT2D eigenvalue weighted by Gasteiger charge is 2.13. The van der Waals surface area contributed by atoms with E-state index < -0.39 is 20.0 Å². The van der Waals surface area contributed by atoms with Gasteiger partial charge in [0.2, 0.25) is 20.0 Å². The van der Waals surface area contributed by atoms with E-state index in [2.05, 4.69) is 39.8 Å². The van der Waals surface area contributed by atoms with E-state index in [0.717, 1.165) is 34.8 Å². The molecule has 0 saturated carbocycles. The van der Waals surface area contributed by atoms with Crippen LogP contribution in [0, 0.1) is 0 Å². The normalized spacial score (nSPS) is 11.8. The Balaban J connectivity index is 1.34. The lowest BCUT2D eigenvalue weighted by Gasteiger charge is -2.04. The molecule has 5 rings (SSSR count). The van der Waals surface area contributed by atoms with Crippen LogP contribution in [0.5, 0.6) is 0 Å². The summed E-state index contributed by atoms with van der Waals surface area (Å²) in [6.07, 6.45) is 2.19. The van der Waals surface area contributed by atoms with Gasteiger partial charge in [-0.2, -0.15) is 10.2 Å². The second-order valence-corrected chi connectivity index (χ2v) is 12.0. The fraction of sp³-hybridized carbons (Fsp3) is 0.0833. The Morgan fingerprint density at radius 3 is 1.34 bits per heavy atom. The summed E-state index contributed by atoms with van der Waals surface area (Å²) in [5.41, 5.74) is 3.91. The first-order chi connectivity index (χ1) is 18.0. The molecule has 0 saturated heterocycles. The summed E-state index contributed by atoms with van der Waals surface area (Å²) in [5, 5.41) is 14.5. The first-order valence-electron chi connectivity index (χ1n) is 11.1. The third-order valence-corrected chi connectivity index (χ3v) is 6.49. The van der Waals surface area contributed by atoms with Crippen LogP contribution in [0.2, 0.25) is 0 Å². The minimum atomic E-state index is -3.36. The van der Waals surface area contributed by atoms with Gasteiger partial charge < -0.3 is 0 Å². The van der Waals surface area contributed by atoms with Crippen molar-refractivity contribution >= 4 is 31.4 Å². The van der Waals surface area contributed by atoms with Crippen molar-refractivity contribution < 1.29 is 16.8 Å². The largest absolute Gasteiger partial charge is 0.284 e. The molecule has 194 valence electrons. The first-order valence-corrected chi connectivity index (χ1v) is 14.9. The van der Waals surface area contributed by atoms with Crippen molar-refractivity contribution in [1.82, 2.24) is 30.4 Å². The van der Waals surface area contributed by atoms with Crippen molar-refractivity contribution in [2.75, 3.05) is 22.0 Å². The third kappa shape index (κ3) is 6.04. The lowest BCUT2D eigenvalue weighted by molar-refractivity contribution is 0.605. The molecule has 4 N–H and O–H groups in total. The number of aromatic amines is 2. The Bertz CT molecular complexity index is 1680. The smallest absolute Gasteiger partial charge is 0.229 e. The average molecular weight is 551 g/mol. The van der Waals surface area contributed by atoms with Gasteiger partial charge in [0.25, 0.3) is 0 Å². The van der Waals surface area contributed by atoms with Crippen molar-refractivity contribution in [3.05, 3.63) is 72.8 Å². The SMILES string of the molecule is CS(=O)(=O)Nc1ccc(-c2nc(-c3cccc(-c4n[nH]c(-c5ccc(NS(C)(=O)=O)cc5)n4)c3)n[nH]2)cc1. The van der Waals surface area contributed by atoms with Gasteiger partial charge in [-0.25, -0.2) is 26.8 Å². The Morgan fingerprint density at radius 1 is 0.579 bits per heavy atom. The van der Waals surface area contributed by atoms with E-state index in [0.29, 0.717) is 34.7 Å². The molecule has 38 heavy (non-hydrogen) atoms. The lowest BCUT2D eigenvalue weighted by atomic mass is 10.1. The molecule has 0 atom stereocenters. The maximum Gasteiger partial charge on any atom is 0.229 e. The Morgan fingerprint density at radius 2 is 0.974 bits per heavy atom. The third-order valence-electron chi connectivity index (χ3n) is 5.27. The van der Waals surface area contributed by atoms with E-state index in [1.807, 2.05) is 24.3 Å². The van der Waals surface area contributed by atoms with E-state index >= 15 is 0 Å². The van der Waals surface area contributed by atoms with Crippen LogP contribution in [-0.2, 0) is 20.0 Å². The molecule has 3 aromatic carbocycles. The van der Waals surface area contributed by atoms with Crippen LogP contribution in [0.15, 0.2) is 72.8 Å². The maximum absolute atomic E-state index is 11.4. The van der Waals surface area contributed by atoms with Crippen molar-refractivity contribution in [2.45, 2.75) is 0 Å². The molecular formula is C24H22N8O4S2. The summed E-state index contributed by atoms with van der Waals surface area (Å²) in [6.45, 7) is 0. The number of H-pyrrole nitrogens is 2. The van der Waals surface area contributed by atoms with Gasteiger partial charge in [0.15, 0.2) is 23.3 Å². The summed E-state index contributed by atoms with van der Waals surface area (Å²) >= 11 is 0. The number of anilines is 2. The van der Waals surface area contributed by atoms with Gasteiger partial charge in [-0.1, -0.05) is 18.2 Å². The summed E-state index contributed by atoms with van der Waals surface area (Å²) in [4.78, 5) is 9.15. The monoisotopic (exact) mass is 550 g/mol. The van der Waals surface area contributed by atoms with Gasteiger partial charge in [0.05, 0.1) is 12.5 Å². The van der Waals surface area contributed by atoms with Crippen LogP contribution in [0.25, 0.3) is 45.6 Å². The highest BCUT2D eigenvalue weighted by atomic mass is 32.2. The number of rotatable bonds is 8. The highest BCUT2D eigenvalue weighted by molar-refractivity contribution is 7.92. The summed E-state index contributed by atoms with van der Waals surface area (Å²) < 4.78 is 50.5. The number of sulfonamides is 2. The van der Waals surface area contributed by atoms with E-state index in [1.165, 1.54) is 0 Å². The van der Waals surface area contributed by atoms with Crippen LogP contribution in [0.1, 0.15) is 0 Å². The predicted molar refractivity (Wildman–Crippen MR) is 145 cm³/mol. The van der Waals surface area contributed by atoms with E-state index in [-0.39, 0.29) is 0 Å². The summed E-state index contributed by atoms with van der Waals surface area (Å²) in [7, 11) is -6.71. The molecule has 0 aliphatic carbocycles. The molecule has 5 aromatic rings. The number of hydrogen-bond acceptors (Lipinski definition) is 8. The standard InChI is InChI=1S/C24H22N8O4S2/c1-37(33,34)31-19-10-6-15(7-11-19)21-25-23(29-27-21)17-4-3-5-18(14-17)24-26-22(28-30-24)16-8-12-20(13-9-16)32-38(2,35)36/h3-14,31-32H,1-2H3,(H,25,27,29)(H,26,28,30). The average Bonchev–Trinajstić information content (AvgIpc) is 3.54.